The molecular formula is C27H26F3NO5S. The first kappa shape index (κ1) is 27.9. The first-order valence-corrected chi connectivity index (χ1v) is 12.7. The Hall–Kier alpha value is -3.66. The lowest BCUT2D eigenvalue weighted by Gasteiger charge is -2.24. The second kappa shape index (κ2) is 12.1. The molecule has 1 atom stereocenters. The minimum Gasteiger partial charge on any atom is -0.496 e. The van der Waals surface area contributed by atoms with E-state index in [9.17, 15) is 32.1 Å². The molecule has 0 spiro atoms. The predicted octanol–water partition coefficient (Wildman–Crippen LogP) is 5.16. The third-order valence-electron chi connectivity index (χ3n) is 5.70. The van der Waals surface area contributed by atoms with Crippen molar-refractivity contribution in [3.05, 3.63) is 83.4 Å². The SMILES string of the molecule is CCN(Cc1cc(C(F)(F)F)ccc1-c1cc(CC(=O)O)ccc1OC)C(=O)CS(=O)c1ccccc1. The number of hydrogen-bond donors (Lipinski definition) is 1. The van der Waals surface area contributed by atoms with Crippen molar-refractivity contribution in [3.63, 3.8) is 0 Å². The number of methoxy groups -OCH3 is 1. The van der Waals surface area contributed by atoms with Gasteiger partial charge in [-0.2, -0.15) is 13.2 Å². The van der Waals surface area contributed by atoms with Gasteiger partial charge < -0.3 is 14.7 Å². The molecule has 1 amide bonds. The summed E-state index contributed by atoms with van der Waals surface area (Å²) < 4.78 is 58.8. The van der Waals surface area contributed by atoms with Crippen molar-refractivity contribution in [2.75, 3.05) is 19.4 Å². The van der Waals surface area contributed by atoms with Crippen LogP contribution < -0.4 is 4.74 Å². The van der Waals surface area contributed by atoms with Gasteiger partial charge in [-0.1, -0.05) is 30.3 Å². The highest BCUT2D eigenvalue weighted by Crippen LogP contribution is 2.38. The number of aliphatic carboxylic acids is 1. The van der Waals surface area contributed by atoms with Gasteiger partial charge in [0.15, 0.2) is 0 Å². The van der Waals surface area contributed by atoms with Crippen LogP contribution in [-0.2, 0) is 39.5 Å². The summed E-state index contributed by atoms with van der Waals surface area (Å²) in [6, 6.07) is 16.3. The summed E-state index contributed by atoms with van der Waals surface area (Å²) in [5, 5.41) is 9.18. The predicted molar refractivity (Wildman–Crippen MR) is 134 cm³/mol. The minimum absolute atomic E-state index is 0.174. The Morgan fingerprint density at radius 2 is 1.70 bits per heavy atom. The number of benzene rings is 3. The van der Waals surface area contributed by atoms with Crippen molar-refractivity contribution >= 4 is 22.7 Å². The van der Waals surface area contributed by atoms with Gasteiger partial charge in [0.25, 0.3) is 0 Å². The smallest absolute Gasteiger partial charge is 0.416 e. The van der Waals surface area contributed by atoms with E-state index in [1.807, 2.05) is 0 Å². The average molecular weight is 534 g/mol. The number of carboxylic acids is 1. The lowest BCUT2D eigenvalue weighted by atomic mass is 9.94. The number of alkyl halides is 3. The van der Waals surface area contributed by atoms with E-state index in [1.165, 1.54) is 18.1 Å². The van der Waals surface area contributed by atoms with Crippen LogP contribution in [0.3, 0.4) is 0 Å². The zero-order valence-electron chi connectivity index (χ0n) is 20.2. The van der Waals surface area contributed by atoms with Crippen LogP contribution in [0.25, 0.3) is 11.1 Å². The van der Waals surface area contributed by atoms with Crippen LogP contribution >= 0.6 is 0 Å². The van der Waals surface area contributed by atoms with Crippen molar-refractivity contribution in [2.24, 2.45) is 0 Å². The second-order valence-electron chi connectivity index (χ2n) is 8.19. The van der Waals surface area contributed by atoms with Crippen LogP contribution in [-0.4, -0.2) is 45.5 Å². The zero-order chi connectivity index (χ0) is 27.2. The Kier molecular flexibility index (Phi) is 9.09. The summed E-state index contributed by atoms with van der Waals surface area (Å²) in [4.78, 5) is 26.0. The molecule has 3 aromatic carbocycles. The van der Waals surface area contributed by atoms with Crippen LogP contribution in [0, 0.1) is 0 Å². The monoisotopic (exact) mass is 533 g/mol. The Bertz CT molecular complexity index is 1290. The van der Waals surface area contributed by atoms with Gasteiger partial charge in [-0.05, 0) is 60.0 Å². The van der Waals surface area contributed by atoms with E-state index >= 15 is 0 Å². The first-order valence-electron chi connectivity index (χ1n) is 11.3. The van der Waals surface area contributed by atoms with E-state index in [0.717, 1.165) is 12.1 Å². The molecule has 0 aliphatic heterocycles. The Morgan fingerprint density at radius 3 is 2.30 bits per heavy atom. The number of hydrogen-bond acceptors (Lipinski definition) is 4. The molecular weight excluding hydrogens is 507 g/mol. The van der Waals surface area contributed by atoms with Crippen LogP contribution in [0.5, 0.6) is 5.75 Å². The largest absolute Gasteiger partial charge is 0.496 e. The third kappa shape index (κ3) is 7.19. The summed E-state index contributed by atoms with van der Waals surface area (Å²) in [6.07, 6.45) is -4.89. The lowest BCUT2D eigenvalue weighted by Crippen LogP contribution is -2.34. The molecule has 196 valence electrons. The van der Waals surface area contributed by atoms with Gasteiger partial charge in [0.1, 0.15) is 11.5 Å². The molecule has 0 radical (unpaired) electrons. The van der Waals surface area contributed by atoms with Crippen molar-refractivity contribution in [2.45, 2.75) is 31.0 Å². The Balaban J connectivity index is 2.02. The van der Waals surface area contributed by atoms with Gasteiger partial charge in [-0.15, -0.1) is 0 Å². The second-order valence-corrected chi connectivity index (χ2v) is 9.64. The lowest BCUT2D eigenvalue weighted by molar-refractivity contribution is -0.138. The standard InChI is InChI=1S/C27H26F3NO5S/c1-3-31(25(32)17-37(35)21-7-5-4-6-8-21)16-19-15-20(27(28,29)30)10-11-22(19)23-13-18(14-26(33)34)9-12-24(23)36-2/h4-13,15H,3,14,16-17H2,1-2H3,(H,33,34). The molecule has 0 saturated carbocycles. The van der Waals surface area contributed by atoms with E-state index in [1.54, 1.807) is 55.5 Å². The maximum absolute atomic E-state index is 13.6. The van der Waals surface area contributed by atoms with Gasteiger partial charge in [-0.3, -0.25) is 13.8 Å². The summed E-state index contributed by atoms with van der Waals surface area (Å²) in [7, 11) is -0.211. The summed E-state index contributed by atoms with van der Waals surface area (Å²) in [6.45, 7) is 1.69. The van der Waals surface area contributed by atoms with Crippen molar-refractivity contribution in [1.29, 1.82) is 0 Å². The maximum Gasteiger partial charge on any atom is 0.416 e. The number of nitrogens with zero attached hydrogens (tertiary/aromatic N) is 1. The summed E-state index contributed by atoms with van der Waals surface area (Å²) in [5.74, 6) is -1.50. The minimum atomic E-state index is -4.61. The number of ether oxygens (including phenoxy) is 1. The zero-order valence-corrected chi connectivity index (χ0v) is 21.1. The van der Waals surface area contributed by atoms with Gasteiger partial charge in [-0.25, -0.2) is 0 Å². The molecule has 0 saturated heterocycles. The summed E-state index contributed by atoms with van der Waals surface area (Å²) in [5.41, 5.74) is 0.522. The van der Waals surface area contributed by atoms with Crippen LogP contribution in [0.15, 0.2) is 71.6 Å². The van der Waals surface area contributed by atoms with Crippen molar-refractivity contribution < 1.29 is 36.8 Å². The molecule has 6 nitrogen and oxygen atoms in total. The van der Waals surface area contributed by atoms with Crippen molar-refractivity contribution in [3.8, 4) is 16.9 Å². The van der Waals surface area contributed by atoms with E-state index in [2.05, 4.69) is 0 Å². The van der Waals surface area contributed by atoms with Gasteiger partial charge >= 0.3 is 12.1 Å². The van der Waals surface area contributed by atoms with E-state index in [4.69, 9.17) is 4.74 Å². The normalized spacial score (nSPS) is 12.1. The molecule has 1 unspecified atom stereocenters. The van der Waals surface area contributed by atoms with Gasteiger partial charge in [0.2, 0.25) is 5.91 Å². The average Bonchev–Trinajstić information content (AvgIpc) is 2.86. The number of carbonyl (C=O) groups is 2. The Labute approximate surface area is 215 Å². The number of amides is 1. The first-order chi connectivity index (χ1) is 17.5. The fourth-order valence-corrected chi connectivity index (χ4v) is 4.89. The maximum atomic E-state index is 13.6. The van der Waals surface area contributed by atoms with Gasteiger partial charge in [0, 0.05) is 23.5 Å². The van der Waals surface area contributed by atoms with Crippen molar-refractivity contribution in [1.82, 2.24) is 4.90 Å². The van der Waals surface area contributed by atoms with Crippen LogP contribution in [0.4, 0.5) is 13.2 Å². The number of rotatable bonds is 10. The van der Waals surface area contributed by atoms with Crippen LogP contribution in [0.1, 0.15) is 23.6 Å². The number of carboxylic acid groups (broad SMARTS) is 1. The van der Waals surface area contributed by atoms with Gasteiger partial charge in [0.05, 0.1) is 29.9 Å². The highest BCUT2D eigenvalue weighted by molar-refractivity contribution is 7.85. The van der Waals surface area contributed by atoms with E-state index in [-0.39, 0.29) is 30.8 Å². The molecule has 0 aliphatic rings. The highest BCUT2D eigenvalue weighted by Gasteiger charge is 2.32. The molecule has 0 aliphatic carbocycles. The topological polar surface area (TPSA) is 83.9 Å². The molecule has 37 heavy (non-hydrogen) atoms. The molecule has 10 heteroatoms. The highest BCUT2D eigenvalue weighted by atomic mass is 32.2. The molecule has 3 rings (SSSR count). The fourth-order valence-electron chi connectivity index (χ4n) is 3.85. The number of halogens is 3. The molecule has 0 aromatic heterocycles. The third-order valence-corrected chi connectivity index (χ3v) is 7.01. The molecule has 1 N–H and O–H groups in total. The molecule has 3 aromatic rings. The fraction of sp³-hybridized carbons (Fsp3) is 0.259. The van der Waals surface area contributed by atoms with E-state index < -0.39 is 34.4 Å². The number of carbonyl (C=O) groups excluding carboxylic acids is 1. The summed E-state index contributed by atoms with van der Waals surface area (Å²) >= 11 is 0. The quantitative estimate of drug-likeness (QED) is 0.389. The Morgan fingerprint density at radius 1 is 1.00 bits per heavy atom. The molecule has 0 heterocycles. The molecule has 0 bridgehead atoms. The van der Waals surface area contributed by atoms with E-state index in [0.29, 0.717) is 27.3 Å². The molecule has 0 fully saturated rings. The van der Waals surface area contributed by atoms with Crippen LogP contribution in [0.2, 0.25) is 0 Å².